The van der Waals surface area contributed by atoms with E-state index in [1.807, 2.05) is 4.90 Å². The maximum absolute atomic E-state index is 13.8. The van der Waals surface area contributed by atoms with Crippen molar-refractivity contribution in [2.45, 2.75) is 72.3 Å². The minimum Gasteiger partial charge on any atom is -0.465 e. The maximum Gasteiger partial charge on any atom is 0.407 e. The Balaban J connectivity index is 1.36. The highest BCUT2D eigenvalue weighted by molar-refractivity contribution is 7.92. The van der Waals surface area contributed by atoms with Gasteiger partial charge in [-0.05, 0) is 56.7 Å². The van der Waals surface area contributed by atoms with Gasteiger partial charge in [-0.1, -0.05) is 11.6 Å². The van der Waals surface area contributed by atoms with Crippen LogP contribution in [-0.4, -0.2) is 101 Å². The Morgan fingerprint density at radius 3 is 2.36 bits per heavy atom. The third-order valence-electron chi connectivity index (χ3n) is 8.36. The lowest BCUT2D eigenvalue weighted by Crippen LogP contribution is -2.63. The second-order valence-corrected chi connectivity index (χ2v) is 13.3. The van der Waals surface area contributed by atoms with Gasteiger partial charge in [-0.15, -0.1) is 0 Å². The van der Waals surface area contributed by atoms with Gasteiger partial charge in [-0.25, -0.2) is 17.6 Å². The molecule has 1 aliphatic carbocycles. The summed E-state index contributed by atoms with van der Waals surface area (Å²) in [6.45, 7) is 1.12. The molecule has 3 amide bonds. The largest absolute Gasteiger partial charge is 0.465 e. The third kappa shape index (κ3) is 5.17. The van der Waals surface area contributed by atoms with Crippen LogP contribution in [0.3, 0.4) is 0 Å². The Morgan fingerprint density at radius 1 is 1.13 bits per heavy atom. The number of carbonyl (C=O) groups is 3. The van der Waals surface area contributed by atoms with E-state index in [9.17, 15) is 37.6 Å². The molecule has 14 heteroatoms. The van der Waals surface area contributed by atoms with Gasteiger partial charge in [0.15, 0.2) is 9.84 Å². The van der Waals surface area contributed by atoms with E-state index < -0.39 is 50.5 Å². The number of hydrogen-bond acceptors (Lipinski definition) is 7. The molecule has 4 aliphatic rings. The highest BCUT2D eigenvalue weighted by atomic mass is 35.5. The Bertz CT molecular complexity index is 1340. The highest BCUT2D eigenvalue weighted by Crippen LogP contribution is 2.38. The van der Waals surface area contributed by atoms with Gasteiger partial charge in [0.2, 0.25) is 11.8 Å². The standard InChI is InChI=1S/C25H29ClFN5O6S/c26-18-11-15(27)1-2-21(18)39(37,38)17-12-20(22(33)29-25(14-28)6-7-25)32(13-17)23(34)19-5-10-31(19)16-3-8-30(9-4-16)24(35)36/h1-2,11,16-17,19-20H,3-10,12-13H2,(H,29,33)(H,35,36)/t17-,19?,20+/m1/s1. The second-order valence-electron chi connectivity index (χ2n) is 10.7. The lowest BCUT2D eigenvalue weighted by atomic mass is 9.93. The number of halogens is 2. The van der Waals surface area contributed by atoms with E-state index in [0.717, 1.165) is 18.2 Å². The van der Waals surface area contributed by atoms with Crippen molar-refractivity contribution >= 4 is 39.3 Å². The predicted octanol–water partition coefficient (Wildman–Crippen LogP) is 1.61. The van der Waals surface area contributed by atoms with Crippen molar-refractivity contribution in [2.75, 3.05) is 26.2 Å². The van der Waals surface area contributed by atoms with Crippen LogP contribution < -0.4 is 5.32 Å². The van der Waals surface area contributed by atoms with Crippen LogP contribution in [-0.2, 0) is 19.4 Å². The molecule has 39 heavy (non-hydrogen) atoms. The lowest BCUT2D eigenvalue weighted by molar-refractivity contribution is -0.148. The lowest BCUT2D eigenvalue weighted by Gasteiger charge is -2.48. The van der Waals surface area contributed by atoms with Gasteiger partial charge in [0.1, 0.15) is 17.4 Å². The first-order chi connectivity index (χ1) is 18.5. The zero-order chi connectivity index (χ0) is 28.1. The molecule has 3 heterocycles. The molecule has 2 N–H and O–H groups in total. The number of sulfone groups is 1. The van der Waals surface area contributed by atoms with Gasteiger partial charge in [-0.3, -0.25) is 14.5 Å². The molecular formula is C25H29ClFN5O6S. The van der Waals surface area contributed by atoms with Gasteiger partial charge < -0.3 is 20.2 Å². The topological polar surface area (TPSA) is 151 Å². The Morgan fingerprint density at radius 2 is 1.82 bits per heavy atom. The van der Waals surface area contributed by atoms with Crippen LogP contribution in [0.2, 0.25) is 5.02 Å². The summed E-state index contributed by atoms with van der Waals surface area (Å²) in [5, 5.41) is 19.9. The van der Waals surface area contributed by atoms with Crippen molar-refractivity contribution in [1.82, 2.24) is 20.0 Å². The van der Waals surface area contributed by atoms with Crippen LogP contribution in [0, 0.1) is 17.1 Å². The first-order valence-corrected chi connectivity index (χ1v) is 14.8. The molecule has 1 aromatic rings. The van der Waals surface area contributed by atoms with Crippen molar-refractivity contribution < 1.29 is 32.3 Å². The van der Waals surface area contributed by atoms with Gasteiger partial charge in [0, 0.05) is 32.2 Å². The number of hydrogen-bond donors (Lipinski definition) is 2. The molecule has 3 saturated heterocycles. The Labute approximate surface area is 230 Å². The fourth-order valence-electron chi connectivity index (χ4n) is 5.80. The molecule has 3 atom stereocenters. The van der Waals surface area contributed by atoms with E-state index >= 15 is 0 Å². The first kappa shape index (κ1) is 27.6. The minimum atomic E-state index is -4.13. The highest BCUT2D eigenvalue weighted by Gasteiger charge is 2.52. The van der Waals surface area contributed by atoms with E-state index in [2.05, 4.69) is 11.4 Å². The van der Waals surface area contributed by atoms with Crippen LogP contribution in [0.1, 0.15) is 38.5 Å². The smallest absolute Gasteiger partial charge is 0.407 e. The molecule has 1 unspecified atom stereocenters. The Hall–Kier alpha value is -2.95. The summed E-state index contributed by atoms with van der Waals surface area (Å²) in [6, 6.07) is 3.41. The van der Waals surface area contributed by atoms with Crippen LogP contribution in [0.4, 0.5) is 9.18 Å². The summed E-state index contributed by atoms with van der Waals surface area (Å²) in [7, 11) is -4.13. The molecule has 0 radical (unpaired) electrons. The van der Waals surface area contributed by atoms with Gasteiger partial charge >= 0.3 is 6.09 Å². The number of nitriles is 1. The summed E-state index contributed by atoms with van der Waals surface area (Å²) in [5.41, 5.74) is -0.996. The number of carboxylic acid groups (broad SMARTS) is 1. The van der Waals surface area contributed by atoms with Crippen molar-refractivity contribution in [3.05, 3.63) is 29.0 Å². The van der Waals surface area contributed by atoms with E-state index in [-0.39, 0.29) is 34.8 Å². The molecule has 1 aromatic carbocycles. The summed E-state index contributed by atoms with van der Waals surface area (Å²) >= 11 is 6.06. The molecule has 3 aliphatic heterocycles. The zero-order valence-electron chi connectivity index (χ0n) is 21.1. The molecule has 0 bridgehead atoms. The molecule has 4 fully saturated rings. The average Bonchev–Trinajstić information content (AvgIpc) is 3.48. The average molecular weight is 582 g/mol. The van der Waals surface area contributed by atoms with Crippen molar-refractivity contribution in [3.8, 4) is 6.07 Å². The molecule has 0 aromatic heterocycles. The molecule has 11 nitrogen and oxygen atoms in total. The molecule has 0 spiro atoms. The maximum atomic E-state index is 13.8. The van der Waals surface area contributed by atoms with Gasteiger partial charge in [-0.2, -0.15) is 5.26 Å². The number of amides is 3. The number of piperidine rings is 1. The fraction of sp³-hybridized carbons (Fsp3) is 0.600. The van der Waals surface area contributed by atoms with E-state index in [1.54, 1.807) is 0 Å². The van der Waals surface area contributed by atoms with E-state index in [0.29, 0.717) is 51.7 Å². The van der Waals surface area contributed by atoms with Crippen LogP contribution >= 0.6 is 11.6 Å². The Kier molecular flexibility index (Phi) is 7.24. The van der Waals surface area contributed by atoms with E-state index in [4.69, 9.17) is 11.6 Å². The van der Waals surface area contributed by atoms with Crippen LogP contribution in [0.25, 0.3) is 0 Å². The monoisotopic (exact) mass is 581 g/mol. The number of nitrogens with one attached hydrogen (secondary N) is 1. The SMILES string of the molecule is N#CC1(NC(=O)[C@@H]2C[C@@H](S(=O)(=O)c3ccc(F)cc3Cl)CN2C(=O)C2CCN2C2CCN(C(=O)O)CC2)CC1. The third-order valence-corrected chi connectivity index (χ3v) is 11.0. The quantitative estimate of drug-likeness (QED) is 0.481. The predicted molar refractivity (Wildman–Crippen MR) is 136 cm³/mol. The second kappa shape index (κ2) is 10.2. The van der Waals surface area contributed by atoms with Crippen molar-refractivity contribution in [2.24, 2.45) is 0 Å². The number of nitrogens with zero attached hydrogens (tertiary/aromatic N) is 4. The molecule has 5 rings (SSSR count). The summed E-state index contributed by atoms with van der Waals surface area (Å²) in [5.74, 6) is -1.64. The summed E-state index contributed by atoms with van der Waals surface area (Å²) in [6.07, 6.45) is 1.48. The number of benzene rings is 1. The zero-order valence-corrected chi connectivity index (χ0v) is 22.6. The van der Waals surface area contributed by atoms with Gasteiger partial charge in [0.05, 0.1) is 27.3 Å². The molecular weight excluding hydrogens is 553 g/mol. The number of rotatable bonds is 6. The van der Waals surface area contributed by atoms with Gasteiger partial charge in [0.25, 0.3) is 0 Å². The fourth-order valence-corrected chi connectivity index (χ4v) is 8.03. The normalized spacial score (nSPS) is 26.9. The van der Waals surface area contributed by atoms with E-state index in [1.165, 1.54) is 9.80 Å². The number of likely N-dealkylation sites (tertiary alicyclic amines) is 3. The summed E-state index contributed by atoms with van der Waals surface area (Å²) in [4.78, 5) is 42.7. The van der Waals surface area contributed by atoms with Crippen LogP contribution in [0.5, 0.6) is 0 Å². The first-order valence-electron chi connectivity index (χ1n) is 12.9. The summed E-state index contributed by atoms with van der Waals surface area (Å²) < 4.78 is 40.6. The minimum absolute atomic E-state index is 0.00375. The van der Waals surface area contributed by atoms with Crippen LogP contribution in [0.15, 0.2) is 23.1 Å². The molecule has 210 valence electrons. The van der Waals surface area contributed by atoms with Crippen molar-refractivity contribution in [1.29, 1.82) is 5.26 Å². The number of carbonyl (C=O) groups excluding carboxylic acids is 2. The molecule has 1 saturated carbocycles. The van der Waals surface area contributed by atoms with Crippen molar-refractivity contribution in [3.63, 3.8) is 0 Å².